The second-order valence-corrected chi connectivity index (χ2v) is 7.91. The number of hydrogen-bond donors (Lipinski definition) is 2. The third-order valence-corrected chi connectivity index (χ3v) is 5.80. The highest BCUT2D eigenvalue weighted by atomic mass is 16.5. The van der Waals surface area contributed by atoms with Gasteiger partial charge in [-0.15, -0.1) is 0 Å². The van der Waals surface area contributed by atoms with Gasteiger partial charge in [0.1, 0.15) is 0 Å². The molecule has 0 aliphatic heterocycles. The lowest BCUT2D eigenvalue weighted by molar-refractivity contribution is 0.0516. The van der Waals surface area contributed by atoms with Crippen molar-refractivity contribution in [2.75, 3.05) is 13.2 Å². The van der Waals surface area contributed by atoms with Crippen molar-refractivity contribution >= 4 is 24.1 Å². The van der Waals surface area contributed by atoms with E-state index in [-0.39, 0.29) is 13.2 Å². The standard InChI is InChI=1S/C30H28N2O4/c1-5-21-23(19-15-11-9-12-16-19)25(29(33)35-7-3)27(31-21)28-26(30(34)36-8-4)24(22(6-2)32-28)20-17-13-10-14-18-20/h5-6,9-18,31-32H,1-2,7-8H2,3-4H3. The van der Waals surface area contributed by atoms with E-state index in [0.29, 0.717) is 45.0 Å². The van der Waals surface area contributed by atoms with Crippen LogP contribution < -0.4 is 0 Å². The molecule has 0 radical (unpaired) electrons. The van der Waals surface area contributed by atoms with Crippen molar-refractivity contribution in [1.29, 1.82) is 0 Å². The van der Waals surface area contributed by atoms with E-state index in [0.717, 1.165) is 11.1 Å². The number of aromatic amines is 2. The van der Waals surface area contributed by atoms with Crippen LogP contribution in [-0.4, -0.2) is 35.1 Å². The maximum absolute atomic E-state index is 13.4. The lowest BCUT2D eigenvalue weighted by atomic mass is 9.96. The minimum absolute atomic E-state index is 0.198. The van der Waals surface area contributed by atoms with Gasteiger partial charge in [0.05, 0.1) is 35.7 Å². The molecule has 4 aromatic rings. The number of rotatable bonds is 9. The van der Waals surface area contributed by atoms with Crippen molar-refractivity contribution in [3.63, 3.8) is 0 Å². The van der Waals surface area contributed by atoms with Crippen LogP contribution in [0.5, 0.6) is 0 Å². The molecule has 2 aromatic heterocycles. The van der Waals surface area contributed by atoms with Gasteiger partial charge in [-0.1, -0.05) is 73.8 Å². The summed E-state index contributed by atoms with van der Waals surface area (Å²) >= 11 is 0. The summed E-state index contributed by atoms with van der Waals surface area (Å²) in [5, 5.41) is 0. The Labute approximate surface area is 210 Å². The summed E-state index contributed by atoms with van der Waals surface area (Å²) in [7, 11) is 0. The summed E-state index contributed by atoms with van der Waals surface area (Å²) < 4.78 is 10.9. The molecule has 0 amide bonds. The van der Waals surface area contributed by atoms with Gasteiger partial charge in [-0.2, -0.15) is 0 Å². The Bertz CT molecular complexity index is 1300. The zero-order valence-electron chi connectivity index (χ0n) is 20.4. The Hall–Kier alpha value is -4.58. The largest absolute Gasteiger partial charge is 0.462 e. The van der Waals surface area contributed by atoms with E-state index in [9.17, 15) is 9.59 Å². The highest BCUT2D eigenvalue weighted by Gasteiger charge is 2.32. The van der Waals surface area contributed by atoms with Crippen LogP contribution >= 0.6 is 0 Å². The van der Waals surface area contributed by atoms with Crippen molar-refractivity contribution in [3.8, 4) is 33.6 Å². The molecule has 182 valence electrons. The molecule has 6 nitrogen and oxygen atoms in total. The second kappa shape index (κ2) is 10.8. The number of H-pyrrole nitrogens is 2. The molecule has 0 fully saturated rings. The van der Waals surface area contributed by atoms with Gasteiger partial charge in [0.2, 0.25) is 0 Å². The Morgan fingerprint density at radius 2 is 1.06 bits per heavy atom. The van der Waals surface area contributed by atoms with E-state index < -0.39 is 11.9 Å². The topological polar surface area (TPSA) is 84.2 Å². The van der Waals surface area contributed by atoms with Gasteiger partial charge in [-0.3, -0.25) is 0 Å². The van der Waals surface area contributed by atoms with Crippen LogP contribution in [-0.2, 0) is 9.47 Å². The van der Waals surface area contributed by atoms with Crippen LogP contribution in [0, 0.1) is 0 Å². The lowest BCUT2D eigenvalue weighted by Crippen LogP contribution is -2.10. The summed E-state index contributed by atoms with van der Waals surface area (Å²) in [6.45, 7) is 11.8. The van der Waals surface area contributed by atoms with Gasteiger partial charge in [0.25, 0.3) is 0 Å². The first-order valence-electron chi connectivity index (χ1n) is 11.8. The van der Waals surface area contributed by atoms with Gasteiger partial charge in [0.15, 0.2) is 0 Å². The number of carbonyl (C=O) groups excluding carboxylic acids is 2. The minimum Gasteiger partial charge on any atom is -0.462 e. The van der Waals surface area contributed by atoms with Crippen molar-refractivity contribution in [2.24, 2.45) is 0 Å². The van der Waals surface area contributed by atoms with Crippen molar-refractivity contribution in [2.45, 2.75) is 13.8 Å². The Balaban J connectivity index is 2.10. The first-order valence-corrected chi connectivity index (χ1v) is 11.8. The molecular weight excluding hydrogens is 452 g/mol. The number of benzene rings is 2. The van der Waals surface area contributed by atoms with Crippen LogP contribution in [0.2, 0.25) is 0 Å². The summed E-state index contributed by atoms with van der Waals surface area (Å²) in [5.74, 6) is -1.02. The van der Waals surface area contributed by atoms with Crippen LogP contribution in [0.25, 0.3) is 45.8 Å². The van der Waals surface area contributed by atoms with Gasteiger partial charge >= 0.3 is 11.9 Å². The molecule has 0 spiro atoms. The second-order valence-electron chi connectivity index (χ2n) is 7.91. The third-order valence-electron chi connectivity index (χ3n) is 5.80. The van der Waals surface area contributed by atoms with Crippen LogP contribution in [0.4, 0.5) is 0 Å². The SMILES string of the molecule is C=Cc1[nH]c(-c2[nH]c(C=C)c(-c3ccccc3)c2C(=O)OCC)c(C(=O)OCC)c1-c1ccccc1. The Morgan fingerprint density at radius 1 is 0.694 bits per heavy atom. The van der Waals surface area contributed by atoms with E-state index in [4.69, 9.17) is 9.47 Å². The Morgan fingerprint density at radius 3 is 1.36 bits per heavy atom. The van der Waals surface area contributed by atoms with Gasteiger partial charge in [0, 0.05) is 22.5 Å². The number of carbonyl (C=O) groups is 2. The van der Waals surface area contributed by atoms with E-state index in [2.05, 4.69) is 23.1 Å². The molecule has 0 atom stereocenters. The maximum atomic E-state index is 13.4. The van der Waals surface area contributed by atoms with E-state index >= 15 is 0 Å². The van der Waals surface area contributed by atoms with E-state index in [1.165, 1.54) is 0 Å². The van der Waals surface area contributed by atoms with Crippen LogP contribution in [0.3, 0.4) is 0 Å². The average molecular weight is 481 g/mol. The first kappa shape index (κ1) is 24.5. The zero-order chi connectivity index (χ0) is 25.7. The number of ether oxygens (including phenoxy) is 2. The quantitative estimate of drug-likeness (QED) is 0.253. The molecule has 0 saturated heterocycles. The van der Waals surface area contributed by atoms with E-state index in [1.54, 1.807) is 26.0 Å². The predicted molar refractivity (Wildman–Crippen MR) is 144 cm³/mol. The van der Waals surface area contributed by atoms with E-state index in [1.807, 2.05) is 60.7 Å². The van der Waals surface area contributed by atoms with Crippen LogP contribution in [0.15, 0.2) is 73.8 Å². The highest BCUT2D eigenvalue weighted by molar-refractivity contribution is 6.11. The summed E-state index contributed by atoms with van der Waals surface area (Å²) in [6, 6.07) is 19.0. The minimum atomic E-state index is -0.512. The maximum Gasteiger partial charge on any atom is 0.341 e. The van der Waals surface area contributed by atoms with Crippen molar-refractivity contribution in [3.05, 3.63) is 96.3 Å². The average Bonchev–Trinajstić information content (AvgIpc) is 3.49. The normalized spacial score (nSPS) is 10.6. The number of hydrogen-bond acceptors (Lipinski definition) is 4. The predicted octanol–water partition coefficient (Wildman–Crippen LogP) is 6.98. The van der Waals surface area contributed by atoms with Gasteiger partial charge in [-0.25, -0.2) is 9.59 Å². The first-order chi connectivity index (χ1) is 17.5. The molecule has 0 aliphatic rings. The summed E-state index contributed by atoms with van der Waals surface area (Å²) in [4.78, 5) is 33.4. The molecule has 6 heteroatoms. The number of nitrogens with one attached hydrogen (secondary N) is 2. The fourth-order valence-electron chi connectivity index (χ4n) is 4.34. The van der Waals surface area contributed by atoms with Crippen molar-refractivity contribution in [1.82, 2.24) is 9.97 Å². The zero-order valence-corrected chi connectivity index (χ0v) is 20.4. The molecule has 4 rings (SSSR count). The summed E-state index contributed by atoms with van der Waals surface area (Å²) in [5.41, 5.74) is 5.61. The molecule has 0 aliphatic carbocycles. The number of aromatic nitrogens is 2. The third kappa shape index (κ3) is 4.41. The summed E-state index contributed by atoms with van der Waals surface area (Å²) in [6.07, 6.45) is 3.29. The van der Waals surface area contributed by atoms with Gasteiger partial charge in [-0.05, 0) is 37.1 Å². The van der Waals surface area contributed by atoms with Crippen molar-refractivity contribution < 1.29 is 19.1 Å². The molecule has 36 heavy (non-hydrogen) atoms. The lowest BCUT2D eigenvalue weighted by Gasteiger charge is -2.10. The smallest absolute Gasteiger partial charge is 0.341 e. The van der Waals surface area contributed by atoms with Crippen LogP contribution in [0.1, 0.15) is 46.0 Å². The molecule has 0 unspecified atom stereocenters. The molecular formula is C30H28N2O4. The molecule has 2 aromatic carbocycles. The fourth-order valence-corrected chi connectivity index (χ4v) is 4.34. The monoisotopic (exact) mass is 480 g/mol. The molecule has 2 N–H and O–H groups in total. The van der Waals surface area contributed by atoms with Gasteiger partial charge < -0.3 is 19.4 Å². The fraction of sp³-hybridized carbons (Fsp3) is 0.133. The molecule has 0 bridgehead atoms. The molecule has 0 saturated carbocycles. The highest BCUT2D eigenvalue weighted by Crippen LogP contribution is 2.42. The molecule has 2 heterocycles. The Kier molecular flexibility index (Phi) is 7.35. The number of esters is 2.